The molecule has 3 amide bonds. The summed E-state index contributed by atoms with van der Waals surface area (Å²) in [5.74, 6) is -0.968. The molecular weight excluding hydrogens is 746 g/mol. The van der Waals surface area contributed by atoms with Crippen molar-refractivity contribution in [2.75, 3.05) is 36.7 Å². The third-order valence-electron chi connectivity index (χ3n) is 10.1. The van der Waals surface area contributed by atoms with Crippen molar-refractivity contribution >= 4 is 53.1 Å². The number of carbonyl (C=O) groups is 4. The number of benzene rings is 3. The van der Waals surface area contributed by atoms with Gasteiger partial charge in [0, 0.05) is 47.5 Å². The van der Waals surface area contributed by atoms with Gasteiger partial charge in [-0.15, -0.1) is 11.3 Å². The van der Waals surface area contributed by atoms with E-state index in [1.165, 1.54) is 18.4 Å². The molecule has 3 aromatic carbocycles. The molecule has 0 saturated carbocycles. The van der Waals surface area contributed by atoms with Crippen LogP contribution in [0.25, 0.3) is 0 Å². The van der Waals surface area contributed by atoms with E-state index < -0.39 is 7.37 Å². The fourth-order valence-electron chi connectivity index (χ4n) is 6.96. The van der Waals surface area contributed by atoms with Gasteiger partial charge in [-0.05, 0) is 124 Å². The summed E-state index contributed by atoms with van der Waals surface area (Å²) in [7, 11) is -1.35. The van der Waals surface area contributed by atoms with Crippen LogP contribution in [-0.2, 0) is 50.8 Å². The number of nitrogens with one attached hydrogen (secondary N) is 2. The lowest BCUT2D eigenvalue weighted by atomic mass is 9.95. The van der Waals surface area contributed by atoms with Crippen LogP contribution < -0.4 is 10.6 Å². The average Bonchev–Trinajstić information content (AvgIpc) is 3.57. The normalized spacial score (nSPS) is 13.4. The second kappa shape index (κ2) is 20.0. The fourth-order valence-corrected chi connectivity index (χ4v) is 9.98. The van der Waals surface area contributed by atoms with Gasteiger partial charge in [0.25, 0.3) is 11.8 Å². The number of thiophene rings is 1. The van der Waals surface area contributed by atoms with Crippen molar-refractivity contribution in [3.63, 3.8) is 0 Å². The second-order valence-electron chi connectivity index (χ2n) is 14.4. The number of nitrogens with zero attached hydrogens (tertiary/aromatic N) is 1. The van der Waals surface area contributed by atoms with Crippen LogP contribution in [0.1, 0.15) is 112 Å². The van der Waals surface area contributed by atoms with Crippen LogP contribution in [0.2, 0.25) is 0 Å². The molecular formula is C44H54N3O7PS. The van der Waals surface area contributed by atoms with E-state index >= 15 is 0 Å². The summed E-state index contributed by atoms with van der Waals surface area (Å²) < 4.78 is 23.2. The van der Waals surface area contributed by atoms with Crippen LogP contribution in [0.15, 0.2) is 72.8 Å². The highest BCUT2D eigenvalue weighted by Gasteiger charge is 2.27. The number of ether oxygens (including phenoxy) is 1. The van der Waals surface area contributed by atoms with Crippen molar-refractivity contribution in [2.45, 2.75) is 91.6 Å². The molecule has 10 nitrogen and oxygen atoms in total. The number of carbonyl (C=O) groups excluding carboxylic acids is 4. The van der Waals surface area contributed by atoms with E-state index in [1.54, 1.807) is 29.2 Å². The smallest absolute Gasteiger partial charge is 0.337 e. The zero-order chi connectivity index (χ0) is 40.2. The van der Waals surface area contributed by atoms with E-state index in [0.29, 0.717) is 59.3 Å². The van der Waals surface area contributed by atoms with Gasteiger partial charge in [0.2, 0.25) is 13.3 Å². The Morgan fingerprint density at radius 1 is 0.839 bits per heavy atom. The Bertz CT molecular complexity index is 2040. The summed E-state index contributed by atoms with van der Waals surface area (Å²) in [5.41, 5.74) is 6.18. The first-order valence-electron chi connectivity index (χ1n) is 19.6. The lowest BCUT2D eigenvalue weighted by Crippen LogP contribution is -2.36. The van der Waals surface area contributed by atoms with Crippen LogP contribution in [0.4, 0.5) is 10.7 Å². The lowest BCUT2D eigenvalue weighted by molar-refractivity contribution is -0.133. The van der Waals surface area contributed by atoms with Crippen molar-refractivity contribution < 1.29 is 33.0 Å². The van der Waals surface area contributed by atoms with Gasteiger partial charge in [-0.1, -0.05) is 43.3 Å². The zero-order valence-corrected chi connectivity index (χ0v) is 34.9. The highest BCUT2D eigenvalue weighted by Crippen LogP contribution is 2.47. The summed E-state index contributed by atoms with van der Waals surface area (Å²) in [6.45, 7) is 8.32. The molecule has 5 rings (SSSR count). The maximum Gasteiger partial charge on any atom is 0.337 e. The molecule has 1 heterocycles. The summed E-state index contributed by atoms with van der Waals surface area (Å²) in [6, 6.07) is 22.4. The second-order valence-corrected chi connectivity index (χ2v) is 18.5. The van der Waals surface area contributed by atoms with Crippen molar-refractivity contribution in [2.24, 2.45) is 0 Å². The minimum Gasteiger partial charge on any atom is -0.465 e. The minimum absolute atomic E-state index is 0.0348. The highest BCUT2D eigenvalue weighted by atomic mass is 32.1. The van der Waals surface area contributed by atoms with Crippen LogP contribution in [0, 0.1) is 0 Å². The molecule has 0 aliphatic heterocycles. The molecule has 0 spiro atoms. The molecule has 0 saturated heterocycles. The fraction of sp³-hybridized carbons (Fsp3) is 0.409. The molecule has 4 aromatic rings. The first-order valence-corrected chi connectivity index (χ1v) is 22.4. The lowest BCUT2D eigenvalue weighted by Gasteiger charge is -2.27. The number of aryl methyl sites for hydroxylation is 3. The van der Waals surface area contributed by atoms with Crippen molar-refractivity contribution in [3.05, 3.63) is 117 Å². The van der Waals surface area contributed by atoms with Crippen LogP contribution in [-0.4, -0.2) is 60.7 Å². The Morgan fingerprint density at radius 2 is 1.52 bits per heavy atom. The molecule has 12 heteroatoms. The van der Waals surface area contributed by atoms with Crippen LogP contribution in [0.5, 0.6) is 0 Å². The predicted molar refractivity (Wildman–Crippen MR) is 225 cm³/mol. The molecule has 1 aromatic heterocycles. The molecule has 298 valence electrons. The Balaban J connectivity index is 1.23. The molecule has 0 bridgehead atoms. The maximum atomic E-state index is 13.9. The van der Waals surface area contributed by atoms with Crippen molar-refractivity contribution in [1.82, 2.24) is 4.90 Å². The number of hydrogen-bond donors (Lipinski definition) is 2. The number of methoxy groups -OCH3 is 1. The molecule has 1 unspecified atom stereocenters. The van der Waals surface area contributed by atoms with Gasteiger partial charge in [-0.25, -0.2) is 4.79 Å². The van der Waals surface area contributed by atoms with Gasteiger partial charge < -0.3 is 24.8 Å². The predicted octanol–water partition coefficient (Wildman–Crippen LogP) is 9.55. The monoisotopic (exact) mass is 799 g/mol. The third kappa shape index (κ3) is 11.3. The number of esters is 1. The summed E-state index contributed by atoms with van der Waals surface area (Å²) >= 11 is 1.47. The quantitative estimate of drug-likeness (QED) is 0.0757. The Morgan fingerprint density at radius 3 is 2.16 bits per heavy atom. The Hall–Kier alpha value is -4.57. The average molecular weight is 800 g/mol. The van der Waals surface area contributed by atoms with Gasteiger partial charge >= 0.3 is 5.97 Å². The van der Waals surface area contributed by atoms with E-state index in [0.717, 1.165) is 65.7 Å². The van der Waals surface area contributed by atoms with Gasteiger partial charge in [0.1, 0.15) is 5.00 Å². The molecule has 0 fully saturated rings. The molecule has 56 heavy (non-hydrogen) atoms. The standard InChI is InChI=1S/C44H54N3O7PS/c1-6-54-55(52,7-2)27-11-16-39(48)47(30(3)4)29-33-12-10-13-35(28-33)41(49)46-43-40(37-14-8-9-15-38(37)56-43)42(50)45-36-25-21-32(22-26-36)18-17-31-19-23-34(24-20-31)44(51)53-5/h10,12-13,19-26,28,30H,6-9,11,14-18,27,29H2,1-5H3,(H,45,50)(H,46,49). The molecule has 1 atom stereocenters. The maximum absolute atomic E-state index is 13.9. The number of amides is 3. The van der Waals surface area contributed by atoms with Crippen molar-refractivity contribution in [3.8, 4) is 0 Å². The molecule has 1 aliphatic rings. The van der Waals surface area contributed by atoms with Gasteiger partial charge in [0.05, 0.1) is 24.8 Å². The SMILES string of the molecule is CCOP(=O)(CC)CCCC(=O)N(Cc1cccc(C(=O)Nc2sc3c(c2C(=O)Nc2ccc(CCc4ccc(C(=O)OC)cc4)cc2)CCCC3)c1)C(C)C. The number of anilines is 2. The summed E-state index contributed by atoms with van der Waals surface area (Å²) in [4.78, 5) is 55.6. The largest absolute Gasteiger partial charge is 0.465 e. The first kappa shape index (κ1) is 42.6. The Kier molecular flexibility index (Phi) is 15.2. The number of fused-ring (bicyclic) bond motifs is 1. The Labute approximate surface area is 334 Å². The number of hydrogen-bond acceptors (Lipinski definition) is 8. The van der Waals surface area contributed by atoms with Crippen LogP contribution in [0.3, 0.4) is 0 Å². The van der Waals surface area contributed by atoms with Gasteiger partial charge in [-0.3, -0.25) is 18.9 Å². The van der Waals surface area contributed by atoms with E-state index in [-0.39, 0.29) is 36.2 Å². The third-order valence-corrected chi connectivity index (χ3v) is 14.0. The van der Waals surface area contributed by atoms with Gasteiger partial charge in [0.15, 0.2) is 0 Å². The van der Waals surface area contributed by atoms with E-state index in [9.17, 15) is 23.7 Å². The van der Waals surface area contributed by atoms with Crippen molar-refractivity contribution in [1.29, 1.82) is 0 Å². The van der Waals surface area contributed by atoms with Gasteiger partial charge in [-0.2, -0.15) is 0 Å². The van der Waals surface area contributed by atoms with E-state index in [2.05, 4.69) is 10.6 Å². The molecule has 0 radical (unpaired) electrons. The summed E-state index contributed by atoms with van der Waals surface area (Å²) in [6.07, 6.45) is 6.84. The minimum atomic E-state index is -2.72. The first-order chi connectivity index (χ1) is 26.9. The topological polar surface area (TPSA) is 131 Å². The van der Waals surface area contributed by atoms with Crippen LogP contribution >= 0.6 is 18.7 Å². The highest BCUT2D eigenvalue weighted by molar-refractivity contribution is 7.58. The summed E-state index contributed by atoms with van der Waals surface area (Å²) in [5, 5.41) is 6.67. The van der Waals surface area contributed by atoms with E-state index in [1.807, 2.05) is 76.2 Å². The molecule has 2 N–H and O–H groups in total. The zero-order valence-electron chi connectivity index (χ0n) is 33.2. The molecule has 1 aliphatic carbocycles. The van der Waals surface area contributed by atoms with E-state index in [4.69, 9.17) is 9.26 Å². The number of rotatable bonds is 18.